The number of halogens is 1. The van der Waals surface area contributed by atoms with E-state index < -0.39 is 0 Å². The zero-order chi connectivity index (χ0) is 21.8. The Hall–Kier alpha value is -3.57. The molecule has 1 aliphatic heterocycles. The molecule has 0 bridgehead atoms. The SMILES string of the molecule is COc1ccc(Cl)cc1NC1=C(c2ccccc2)C(=O)N(CCc2ccccc2)C1=O. The zero-order valence-corrected chi connectivity index (χ0v) is 17.7. The van der Waals surface area contributed by atoms with E-state index in [2.05, 4.69) is 5.32 Å². The third kappa shape index (κ3) is 4.32. The van der Waals surface area contributed by atoms with Crippen LogP contribution in [0.4, 0.5) is 5.69 Å². The van der Waals surface area contributed by atoms with Gasteiger partial charge in [-0.25, -0.2) is 0 Å². The first-order chi connectivity index (χ1) is 15.1. The monoisotopic (exact) mass is 432 g/mol. The molecule has 0 aliphatic carbocycles. The van der Waals surface area contributed by atoms with Gasteiger partial charge in [0.1, 0.15) is 11.4 Å². The number of nitrogens with zero attached hydrogens (tertiary/aromatic N) is 1. The molecule has 2 amide bonds. The van der Waals surface area contributed by atoms with E-state index in [9.17, 15) is 9.59 Å². The molecule has 0 atom stereocenters. The van der Waals surface area contributed by atoms with Gasteiger partial charge in [0.05, 0.1) is 18.4 Å². The smallest absolute Gasteiger partial charge is 0.278 e. The van der Waals surface area contributed by atoms with Crippen LogP contribution in [-0.4, -0.2) is 30.4 Å². The van der Waals surface area contributed by atoms with Crippen LogP contribution in [-0.2, 0) is 16.0 Å². The Balaban J connectivity index is 1.70. The summed E-state index contributed by atoms with van der Waals surface area (Å²) >= 11 is 6.15. The van der Waals surface area contributed by atoms with Crippen molar-refractivity contribution in [2.24, 2.45) is 0 Å². The van der Waals surface area contributed by atoms with Crippen LogP contribution in [0.5, 0.6) is 5.75 Å². The number of carbonyl (C=O) groups excluding carboxylic acids is 2. The molecule has 5 nitrogen and oxygen atoms in total. The van der Waals surface area contributed by atoms with Crippen LogP contribution in [0, 0.1) is 0 Å². The highest BCUT2D eigenvalue weighted by atomic mass is 35.5. The van der Waals surface area contributed by atoms with Gasteiger partial charge in [-0.2, -0.15) is 0 Å². The summed E-state index contributed by atoms with van der Waals surface area (Å²) in [5, 5.41) is 3.61. The molecule has 1 aliphatic rings. The van der Waals surface area contributed by atoms with Crippen molar-refractivity contribution in [1.29, 1.82) is 0 Å². The molecule has 0 saturated carbocycles. The Morgan fingerprint density at radius 1 is 0.903 bits per heavy atom. The Morgan fingerprint density at radius 3 is 2.26 bits per heavy atom. The fourth-order valence-electron chi connectivity index (χ4n) is 3.57. The van der Waals surface area contributed by atoms with E-state index in [0.29, 0.717) is 34.0 Å². The Bertz CT molecular complexity index is 1140. The summed E-state index contributed by atoms with van der Waals surface area (Å²) < 4.78 is 5.39. The first-order valence-corrected chi connectivity index (χ1v) is 10.3. The van der Waals surface area contributed by atoms with E-state index in [0.717, 1.165) is 5.56 Å². The largest absolute Gasteiger partial charge is 0.495 e. The van der Waals surface area contributed by atoms with Gasteiger partial charge in [0.15, 0.2) is 0 Å². The molecule has 0 saturated heterocycles. The van der Waals surface area contributed by atoms with Crippen LogP contribution in [0.15, 0.2) is 84.6 Å². The number of anilines is 1. The molecule has 1 N–H and O–H groups in total. The van der Waals surface area contributed by atoms with Crippen LogP contribution in [0.25, 0.3) is 5.57 Å². The number of imide groups is 1. The van der Waals surface area contributed by atoms with Crippen LogP contribution in [0.3, 0.4) is 0 Å². The van der Waals surface area contributed by atoms with Crippen molar-refractivity contribution in [2.45, 2.75) is 6.42 Å². The number of hydrogen-bond donors (Lipinski definition) is 1. The van der Waals surface area contributed by atoms with Crippen molar-refractivity contribution >= 4 is 34.7 Å². The quantitative estimate of drug-likeness (QED) is 0.546. The van der Waals surface area contributed by atoms with Gasteiger partial charge in [0.25, 0.3) is 11.8 Å². The summed E-state index contributed by atoms with van der Waals surface area (Å²) in [6.45, 7) is 0.288. The predicted octanol–water partition coefficient (Wildman–Crippen LogP) is 4.78. The van der Waals surface area contributed by atoms with E-state index in [1.54, 1.807) is 18.2 Å². The van der Waals surface area contributed by atoms with Crippen molar-refractivity contribution in [3.05, 3.63) is 101 Å². The number of carbonyl (C=O) groups is 2. The number of hydrogen-bond acceptors (Lipinski definition) is 4. The Labute approximate surface area is 185 Å². The van der Waals surface area contributed by atoms with E-state index >= 15 is 0 Å². The molecule has 1 heterocycles. The summed E-state index contributed by atoms with van der Waals surface area (Å²) in [5.41, 5.74) is 2.80. The molecular weight excluding hydrogens is 412 g/mol. The highest BCUT2D eigenvalue weighted by molar-refractivity contribution is 6.36. The fraction of sp³-hybridized carbons (Fsp3) is 0.120. The molecule has 31 heavy (non-hydrogen) atoms. The Morgan fingerprint density at radius 2 is 1.58 bits per heavy atom. The Kier molecular flexibility index (Phi) is 6.05. The second-order valence-electron chi connectivity index (χ2n) is 7.08. The molecule has 0 unspecified atom stereocenters. The lowest BCUT2D eigenvalue weighted by molar-refractivity contribution is -0.136. The molecule has 4 rings (SSSR count). The summed E-state index contributed by atoms with van der Waals surface area (Å²) in [6.07, 6.45) is 0.578. The second kappa shape index (κ2) is 9.06. The summed E-state index contributed by atoms with van der Waals surface area (Å²) in [5.74, 6) is -0.176. The van der Waals surface area contributed by atoms with Gasteiger partial charge in [-0.1, -0.05) is 72.3 Å². The van der Waals surface area contributed by atoms with Gasteiger partial charge >= 0.3 is 0 Å². The first-order valence-electron chi connectivity index (χ1n) is 9.89. The van der Waals surface area contributed by atoms with Crippen LogP contribution in [0.2, 0.25) is 5.02 Å². The molecular formula is C25H21ClN2O3. The van der Waals surface area contributed by atoms with Crippen molar-refractivity contribution in [1.82, 2.24) is 4.90 Å². The number of amides is 2. The molecule has 0 radical (unpaired) electrons. The molecule has 156 valence electrons. The topological polar surface area (TPSA) is 58.6 Å². The first kappa shape index (κ1) is 20.7. The summed E-state index contributed by atoms with van der Waals surface area (Å²) in [4.78, 5) is 27.9. The molecule has 0 aromatic heterocycles. The molecule has 0 fully saturated rings. The third-order valence-electron chi connectivity index (χ3n) is 5.12. The maximum absolute atomic E-state index is 13.3. The molecule has 3 aromatic rings. The predicted molar refractivity (Wildman–Crippen MR) is 122 cm³/mol. The lowest BCUT2D eigenvalue weighted by Gasteiger charge is -2.16. The standard InChI is InChI=1S/C25H21ClN2O3/c1-31-21-13-12-19(26)16-20(21)27-23-22(18-10-6-3-7-11-18)24(29)28(25(23)30)15-14-17-8-4-2-5-9-17/h2-13,16,27H,14-15H2,1H3. The van der Waals surface area contributed by atoms with E-state index in [-0.39, 0.29) is 24.1 Å². The minimum Gasteiger partial charge on any atom is -0.495 e. The van der Waals surface area contributed by atoms with E-state index in [1.807, 2.05) is 60.7 Å². The highest BCUT2D eigenvalue weighted by Crippen LogP contribution is 2.34. The van der Waals surface area contributed by atoms with Crippen molar-refractivity contribution in [2.75, 3.05) is 19.0 Å². The number of nitrogens with one attached hydrogen (secondary N) is 1. The van der Waals surface area contributed by atoms with Gasteiger partial charge in [-0.05, 0) is 35.7 Å². The lowest BCUT2D eigenvalue weighted by Crippen LogP contribution is -2.34. The van der Waals surface area contributed by atoms with Crippen LogP contribution >= 0.6 is 11.6 Å². The van der Waals surface area contributed by atoms with Gasteiger partial charge in [0, 0.05) is 11.6 Å². The summed E-state index contributed by atoms with van der Waals surface area (Å²) in [6, 6.07) is 24.0. The number of rotatable bonds is 7. The minimum absolute atomic E-state index is 0.213. The lowest BCUT2D eigenvalue weighted by atomic mass is 10.0. The zero-order valence-electron chi connectivity index (χ0n) is 17.0. The number of benzene rings is 3. The van der Waals surface area contributed by atoms with Gasteiger partial charge in [0.2, 0.25) is 0 Å². The molecule has 0 spiro atoms. The highest BCUT2D eigenvalue weighted by Gasteiger charge is 2.39. The third-order valence-corrected chi connectivity index (χ3v) is 5.35. The van der Waals surface area contributed by atoms with Gasteiger partial charge < -0.3 is 10.1 Å². The second-order valence-corrected chi connectivity index (χ2v) is 7.52. The normalized spacial score (nSPS) is 13.7. The fourth-order valence-corrected chi connectivity index (χ4v) is 3.74. The maximum Gasteiger partial charge on any atom is 0.278 e. The molecule has 3 aromatic carbocycles. The maximum atomic E-state index is 13.3. The van der Waals surface area contributed by atoms with Crippen molar-refractivity contribution in [3.63, 3.8) is 0 Å². The van der Waals surface area contributed by atoms with Crippen molar-refractivity contribution < 1.29 is 14.3 Å². The van der Waals surface area contributed by atoms with Gasteiger partial charge in [-0.3, -0.25) is 14.5 Å². The molecule has 6 heteroatoms. The van der Waals surface area contributed by atoms with Gasteiger partial charge in [-0.15, -0.1) is 0 Å². The number of ether oxygens (including phenoxy) is 1. The van der Waals surface area contributed by atoms with Crippen LogP contribution < -0.4 is 10.1 Å². The van der Waals surface area contributed by atoms with E-state index in [4.69, 9.17) is 16.3 Å². The summed E-state index contributed by atoms with van der Waals surface area (Å²) in [7, 11) is 1.54. The minimum atomic E-state index is -0.373. The van der Waals surface area contributed by atoms with Crippen LogP contribution in [0.1, 0.15) is 11.1 Å². The average Bonchev–Trinajstić information content (AvgIpc) is 3.03. The number of methoxy groups -OCH3 is 1. The average molecular weight is 433 g/mol. The van der Waals surface area contributed by atoms with Crippen molar-refractivity contribution in [3.8, 4) is 5.75 Å². The van der Waals surface area contributed by atoms with E-state index in [1.165, 1.54) is 12.0 Å².